The van der Waals surface area contributed by atoms with Crippen LogP contribution in [0.25, 0.3) is 16.0 Å². The molecule has 23 heavy (non-hydrogen) atoms. The van der Waals surface area contributed by atoms with E-state index in [0.717, 1.165) is 51.4 Å². The summed E-state index contributed by atoms with van der Waals surface area (Å²) < 4.78 is 0. The van der Waals surface area contributed by atoms with Crippen molar-refractivity contribution in [2.75, 3.05) is 39.3 Å². The minimum atomic E-state index is 0. The zero-order valence-electron chi connectivity index (χ0n) is 16.3. The molecule has 5 nitrogen and oxygen atoms in total. The average molecular weight is 359 g/mol. The van der Waals surface area contributed by atoms with Crippen molar-refractivity contribution >= 4 is 0 Å². The molecule has 0 aliphatic rings. The van der Waals surface area contributed by atoms with Crippen LogP contribution in [-0.2, 0) is 28.1 Å². The number of hydrogen-bond acceptors (Lipinski definition) is 1. The van der Waals surface area contributed by atoms with Crippen molar-refractivity contribution in [1.29, 1.82) is 0 Å². The first kappa shape index (κ1) is 30.7. The van der Waals surface area contributed by atoms with Crippen LogP contribution in [0.3, 0.4) is 0 Å². The van der Waals surface area contributed by atoms with Crippen LogP contribution in [0.5, 0.6) is 0 Å². The second-order valence-corrected chi connectivity index (χ2v) is 3.94. The van der Waals surface area contributed by atoms with E-state index in [1.807, 2.05) is 47.6 Å². The molecule has 0 radical (unpaired) electrons. The van der Waals surface area contributed by atoms with Crippen molar-refractivity contribution in [3.05, 3.63) is 33.9 Å². The molecule has 134 valence electrons. The minimum Gasteiger partial charge on any atom is -0.663 e. The molecule has 0 aliphatic carbocycles. The quantitative estimate of drug-likeness (QED) is 0.656. The molecule has 0 atom stereocenters. The summed E-state index contributed by atoms with van der Waals surface area (Å²) in [5.41, 5.74) is 1.07. The van der Waals surface area contributed by atoms with Gasteiger partial charge in [0.2, 0.25) is 0 Å². The number of nitrogens with zero attached hydrogens (tertiary/aromatic N) is 5. The van der Waals surface area contributed by atoms with Gasteiger partial charge in [0.1, 0.15) is 0 Å². The summed E-state index contributed by atoms with van der Waals surface area (Å²) in [6, 6.07) is 1.92. The fourth-order valence-corrected chi connectivity index (χ4v) is 1.12. The summed E-state index contributed by atoms with van der Waals surface area (Å²) in [6.45, 7) is 20.1. The Kier molecular flexibility index (Phi) is 44.6. The second-order valence-electron chi connectivity index (χ2n) is 3.94. The van der Waals surface area contributed by atoms with Crippen LogP contribution >= 0.6 is 0 Å². The SMILES string of the molecule is CC[N-]CC.CC[N-]CC.CC[N-]CC.CCc1cc[n-]n1.[Ti+4]. The maximum absolute atomic E-state index is 3.97. The molecule has 1 aromatic rings. The van der Waals surface area contributed by atoms with Crippen molar-refractivity contribution < 1.29 is 21.7 Å². The molecule has 0 spiro atoms. The zero-order valence-corrected chi connectivity index (χ0v) is 17.9. The molecule has 0 aromatic carbocycles. The summed E-state index contributed by atoms with van der Waals surface area (Å²) >= 11 is 0. The molecular weight excluding hydrogens is 322 g/mol. The monoisotopic (exact) mass is 359 g/mol. The third-order valence-corrected chi connectivity index (χ3v) is 2.22. The van der Waals surface area contributed by atoms with E-state index in [-0.39, 0.29) is 21.7 Å². The Morgan fingerprint density at radius 2 is 1.09 bits per heavy atom. The van der Waals surface area contributed by atoms with Crippen LogP contribution in [0.15, 0.2) is 12.3 Å². The Balaban J connectivity index is -0.000000105. The van der Waals surface area contributed by atoms with E-state index >= 15 is 0 Å². The predicted octanol–water partition coefficient (Wildman–Crippen LogP) is 4.80. The Morgan fingerprint density at radius 1 is 0.739 bits per heavy atom. The molecule has 6 heteroatoms. The van der Waals surface area contributed by atoms with E-state index in [0.29, 0.717) is 0 Å². The summed E-state index contributed by atoms with van der Waals surface area (Å²) in [4.78, 5) is 0. The van der Waals surface area contributed by atoms with Gasteiger partial charge >= 0.3 is 21.7 Å². The fraction of sp³-hybridized carbons (Fsp3) is 0.824. The van der Waals surface area contributed by atoms with Crippen molar-refractivity contribution in [3.63, 3.8) is 0 Å². The normalized spacial score (nSPS) is 8.30. The number of aromatic nitrogens is 2. The number of aryl methyl sites for hydroxylation is 1. The van der Waals surface area contributed by atoms with E-state index in [2.05, 4.69) is 33.1 Å². The Bertz CT molecular complexity index is 223. The van der Waals surface area contributed by atoms with Gasteiger partial charge in [-0.15, -0.1) is 0 Å². The molecule has 0 N–H and O–H groups in total. The van der Waals surface area contributed by atoms with Gasteiger partial charge in [0.25, 0.3) is 0 Å². The van der Waals surface area contributed by atoms with E-state index < -0.39 is 0 Å². The van der Waals surface area contributed by atoms with Gasteiger partial charge < -0.3 is 26.1 Å². The molecule has 0 saturated carbocycles. The molecule has 0 fully saturated rings. The van der Waals surface area contributed by atoms with E-state index in [1.165, 1.54) is 0 Å². The van der Waals surface area contributed by atoms with E-state index in [1.54, 1.807) is 6.20 Å². The Morgan fingerprint density at radius 3 is 1.17 bits per heavy atom. The van der Waals surface area contributed by atoms with Crippen LogP contribution in [-0.4, -0.2) is 44.4 Å². The standard InChI is InChI=1S/C5H7N2.3C4H10N.Ti/c1-2-5-3-4-6-7-5;3*1-3-5-4-2;/h3-4H,2H2,1H3;3*3-4H2,1-2H3;/q4*-1;+4. The van der Waals surface area contributed by atoms with Crippen molar-refractivity contribution in [2.24, 2.45) is 0 Å². The summed E-state index contributed by atoms with van der Waals surface area (Å²) in [6.07, 6.45) is 2.69. The minimum absolute atomic E-state index is 0. The van der Waals surface area contributed by atoms with Crippen LogP contribution in [0.1, 0.15) is 54.2 Å². The molecule has 0 saturated heterocycles. The first-order valence-corrected chi connectivity index (χ1v) is 8.50. The molecule has 0 amide bonds. The maximum atomic E-state index is 3.97. The summed E-state index contributed by atoms with van der Waals surface area (Å²) in [5, 5.41) is 19.3. The molecule has 1 rings (SSSR count). The van der Waals surface area contributed by atoms with Crippen LogP contribution in [0, 0.1) is 0 Å². The fourth-order valence-electron chi connectivity index (χ4n) is 1.12. The van der Waals surface area contributed by atoms with Crippen molar-refractivity contribution in [3.8, 4) is 0 Å². The molecule has 0 aliphatic heterocycles. The number of hydrogen-bond donors (Lipinski definition) is 0. The second kappa shape index (κ2) is 33.4. The van der Waals surface area contributed by atoms with Crippen LogP contribution in [0.4, 0.5) is 0 Å². The van der Waals surface area contributed by atoms with E-state index in [4.69, 9.17) is 0 Å². The van der Waals surface area contributed by atoms with Gasteiger partial charge in [-0.25, -0.2) is 0 Å². The zero-order chi connectivity index (χ0) is 17.5. The van der Waals surface area contributed by atoms with Crippen molar-refractivity contribution in [2.45, 2.75) is 54.9 Å². The third kappa shape index (κ3) is 39.0. The van der Waals surface area contributed by atoms with E-state index in [9.17, 15) is 0 Å². The Hall–Kier alpha value is -0.196. The maximum Gasteiger partial charge on any atom is 4.00 e. The molecule has 0 unspecified atom stereocenters. The van der Waals surface area contributed by atoms with Crippen molar-refractivity contribution in [1.82, 2.24) is 10.2 Å². The smallest absolute Gasteiger partial charge is 0.663 e. The van der Waals surface area contributed by atoms with Gasteiger partial charge in [-0.2, -0.15) is 45.5 Å². The van der Waals surface area contributed by atoms with Crippen LogP contribution < -0.4 is 5.10 Å². The van der Waals surface area contributed by atoms with Gasteiger partial charge in [0.05, 0.1) is 0 Å². The largest absolute Gasteiger partial charge is 4.00 e. The van der Waals surface area contributed by atoms with Gasteiger partial charge in [0.15, 0.2) is 0 Å². The molecule has 1 heterocycles. The topological polar surface area (TPSA) is 69.3 Å². The van der Waals surface area contributed by atoms with Gasteiger partial charge in [-0.3, -0.25) is 0 Å². The molecular formula is C17H37N5Ti. The Labute approximate surface area is 160 Å². The van der Waals surface area contributed by atoms with Crippen LogP contribution in [0.2, 0.25) is 0 Å². The average Bonchev–Trinajstić information content (AvgIpc) is 3.05. The molecule has 0 bridgehead atoms. The van der Waals surface area contributed by atoms with Gasteiger partial charge in [-0.1, -0.05) is 54.5 Å². The number of rotatable bonds is 7. The van der Waals surface area contributed by atoms with Gasteiger partial charge in [0, 0.05) is 5.69 Å². The predicted molar refractivity (Wildman–Crippen MR) is 100 cm³/mol. The third-order valence-electron chi connectivity index (χ3n) is 2.22. The summed E-state index contributed by atoms with van der Waals surface area (Å²) in [7, 11) is 0. The summed E-state index contributed by atoms with van der Waals surface area (Å²) in [5.74, 6) is 0. The molecule has 1 aromatic heterocycles. The first-order valence-electron chi connectivity index (χ1n) is 8.50. The van der Waals surface area contributed by atoms with Gasteiger partial charge in [-0.05, 0) is 6.42 Å². The first-order chi connectivity index (χ1) is 10.7.